The molecule has 1 aliphatic rings. The van der Waals surface area contributed by atoms with Gasteiger partial charge in [-0.1, -0.05) is 43.9 Å². The summed E-state index contributed by atoms with van der Waals surface area (Å²) in [5.41, 5.74) is 0.969. The number of rotatable bonds is 7. The number of ether oxygens (including phenoxy) is 1. The Kier molecular flexibility index (Phi) is 7.14. The molecule has 2 heterocycles. The van der Waals surface area contributed by atoms with Gasteiger partial charge in [-0.25, -0.2) is 4.79 Å². The molecule has 0 radical (unpaired) electrons. The number of fused-ring (bicyclic) bond motifs is 1. The van der Waals surface area contributed by atoms with Crippen LogP contribution >= 0.6 is 34.4 Å². The van der Waals surface area contributed by atoms with Crippen LogP contribution in [0.25, 0.3) is 0 Å². The fraction of sp³-hybridized carbons (Fsp3) is 0.526. The maximum atomic E-state index is 12.5. The number of carbonyl (C=O) groups is 3. The minimum Gasteiger partial charge on any atom is -0.462 e. The molecule has 11 heteroatoms. The SMILES string of the molecule is CCOC(=O)c1c(NC(=O)CSc2nnc(NC(=O)C(C)(C)C)s2)sc2c1CCC2. The van der Waals surface area contributed by atoms with Crippen LogP contribution in [0.5, 0.6) is 0 Å². The highest BCUT2D eigenvalue weighted by Crippen LogP contribution is 2.39. The summed E-state index contributed by atoms with van der Waals surface area (Å²) in [5, 5.41) is 14.5. The van der Waals surface area contributed by atoms with Gasteiger partial charge in [0.2, 0.25) is 16.9 Å². The summed E-state index contributed by atoms with van der Waals surface area (Å²) < 4.78 is 5.76. The van der Waals surface area contributed by atoms with Crippen molar-refractivity contribution in [1.29, 1.82) is 0 Å². The molecule has 8 nitrogen and oxygen atoms in total. The van der Waals surface area contributed by atoms with Crippen molar-refractivity contribution in [3.05, 3.63) is 16.0 Å². The molecule has 0 bridgehead atoms. The molecule has 0 unspecified atom stereocenters. The van der Waals surface area contributed by atoms with Crippen LogP contribution in [-0.4, -0.2) is 40.3 Å². The van der Waals surface area contributed by atoms with Gasteiger partial charge in [-0.05, 0) is 31.7 Å². The Balaban J connectivity index is 1.60. The molecular weight excluding hydrogens is 444 g/mol. The smallest absolute Gasteiger partial charge is 0.341 e. The van der Waals surface area contributed by atoms with Crippen molar-refractivity contribution in [3.63, 3.8) is 0 Å². The number of esters is 1. The van der Waals surface area contributed by atoms with E-state index in [2.05, 4.69) is 20.8 Å². The number of aromatic nitrogens is 2. The first-order valence-electron chi connectivity index (χ1n) is 9.58. The van der Waals surface area contributed by atoms with Gasteiger partial charge in [-0.3, -0.25) is 9.59 Å². The Labute approximate surface area is 187 Å². The predicted octanol–water partition coefficient (Wildman–Crippen LogP) is 3.98. The average Bonchev–Trinajstić information content (AvgIpc) is 3.35. The van der Waals surface area contributed by atoms with Gasteiger partial charge in [0.25, 0.3) is 0 Å². The lowest BCUT2D eigenvalue weighted by atomic mass is 9.96. The summed E-state index contributed by atoms with van der Waals surface area (Å²) in [6, 6.07) is 0. The molecule has 0 saturated heterocycles. The zero-order valence-corrected chi connectivity index (χ0v) is 19.7. The molecule has 2 aromatic rings. The molecule has 0 fully saturated rings. The standard InChI is InChI=1S/C19H24N4O4S3/c1-5-27-15(25)13-10-7-6-8-11(10)29-14(13)20-12(24)9-28-18-23-22-17(30-18)21-16(26)19(2,3)4/h5-9H2,1-4H3,(H,20,24)(H,21,22,26). The van der Waals surface area contributed by atoms with E-state index in [9.17, 15) is 14.4 Å². The van der Waals surface area contributed by atoms with Gasteiger partial charge in [-0.2, -0.15) is 0 Å². The van der Waals surface area contributed by atoms with Crippen LogP contribution in [0.2, 0.25) is 0 Å². The van der Waals surface area contributed by atoms with E-state index in [-0.39, 0.29) is 30.1 Å². The highest BCUT2D eigenvalue weighted by Gasteiger charge is 2.28. The zero-order valence-electron chi connectivity index (χ0n) is 17.3. The Bertz CT molecular complexity index is 962. The second kappa shape index (κ2) is 9.44. The van der Waals surface area contributed by atoms with Crippen molar-refractivity contribution >= 4 is 62.4 Å². The van der Waals surface area contributed by atoms with E-state index < -0.39 is 5.41 Å². The third-order valence-electron chi connectivity index (χ3n) is 4.29. The number of hydrogen-bond acceptors (Lipinski definition) is 9. The van der Waals surface area contributed by atoms with Gasteiger partial charge >= 0.3 is 5.97 Å². The zero-order chi connectivity index (χ0) is 21.9. The summed E-state index contributed by atoms with van der Waals surface area (Å²) in [4.78, 5) is 38.0. The molecule has 3 rings (SSSR count). The normalized spacial score (nSPS) is 13.1. The van der Waals surface area contributed by atoms with E-state index in [1.165, 1.54) is 34.4 Å². The predicted molar refractivity (Wildman–Crippen MR) is 120 cm³/mol. The van der Waals surface area contributed by atoms with Crippen LogP contribution < -0.4 is 10.6 Å². The Morgan fingerprint density at radius 3 is 2.60 bits per heavy atom. The number of nitrogens with zero attached hydrogens (tertiary/aromatic N) is 2. The van der Waals surface area contributed by atoms with E-state index in [4.69, 9.17) is 4.74 Å². The Hall–Kier alpha value is -1.98. The lowest BCUT2D eigenvalue weighted by Gasteiger charge is -2.15. The van der Waals surface area contributed by atoms with E-state index in [1.54, 1.807) is 6.92 Å². The van der Waals surface area contributed by atoms with Gasteiger partial charge in [0.15, 0.2) is 4.34 Å². The van der Waals surface area contributed by atoms with Gasteiger partial charge in [0, 0.05) is 10.3 Å². The number of thiophene rings is 1. The maximum absolute atomic E-state index is 12.5. The van der Waals surface area contributed by atoms with Crippen LogP contribution in [0.4, 0.5) is 10.1 Å². The first kappa shape index (κ1) is 22.7. The lowest BCUT2D eigenvalue weighted by Crippen LogP contribution is -2.27. The molecule has 0 saturated carbocycles. The Morgan fingerprint density at radius 1 is 1.13 bits per heavy atom. The van der Waals surface area contributed by atoms with Gasteiger partial charge in [-0.15, -0.1) is 21.5 Å². The van der Waals surface area contributed by atoms with Crippen LogP contribution in [0.1, 0.15) is 54.9 Å². The first-order valence-corrected chi connectivity index (χ1v) is 12.2. The van der Waals surface area contributed by atoms with Gasteiger partial charge in [0.05, 0.1) is 17.9 Å². The van der Waals surface area contributed by atoms with Crippen LogP contribution in [0.15, 0.2) is 4.34 Å². The van der Waals surface area contributed by atoms with Crippen LogP contribution in [0, 0.1) is 5.41 Å². The summed E-state index contributed by atoms with van der Waals surface area (Å²) >= 11 is 3.90. The minimum absolute atomic E-state index is 0.118. The lowest BCUT2D eigenvalue weighted by molar-refractivity contribution is -0.123. The van der Waals surface area contributed by atoms with Crippen LogP contribution in [0.3, 0.4) is 0 Å². The summed E-state index contributed by atoms with van der Waals surface area (Å²) in [5.74, 6) is -0.651. The number of hydrogen-bond donors (Lipinski definition) is 2. The third-order valence-corrected chi connectivity index (χ3v) is 7.47. The molecule has 0 aliphatic heterocycles. The Morgan fingerprint density at radius 2 is 1.90 bits per heavy atom. The molecule has 2 amide bonds. The molecular formula is C19H24N4O4S3. The summed E-state index contributed by atoms with van der Waals surface area (Å²) in [7, 11) is 0. The molecule has 0 atom stereocenters. The highest BCUT2D eigenvalue weighted by atomic mass is 32.2. The largest absolute Gasteiger partial charge is 0.462 e. The second-order valence-electron chi connectivity index (χ2n) is 7.70. The number of amides is 2. The molecule has 1 aliphatic carbocycles. The van der Waals surface area contributed by atoms with Crippen molar-refractivity contribution in [2.45, 2.75) is 51.3 Å². The first-order chi connectivity index (χ1) is 14.2. The highest BCUT2D eigenvalue weighted by molar-refractivity contribution is 8.01. The molecule has 0 spiro atoms. The molecule has 2 N–H and O–H groups in total. The molecule has 162 valence electrons. The number of nitrogens with one attached hydrogen (secondary N) is 2. The van der Waals surface area contributed by atoms with Crippen molar-refractivity contribution in [2.24, 2.45) is 5.41 Å². The van der Waals surface area contributed by atoms with Crippen molar-refractivity contribution < 1.29 is 19.1 Å². The molecule has 30 heavy (non-hydrogen) atoms. The van der Waals surface area contributed by atoms with E-state index in [0.29, 0.717) is 20.0 Å². The van der Waals surface area contributed by atoms with E-state index in [0.717, 1.165) is 29.7 Å². The molecule has 0 aromatic carbocycles. The van der Waals surface area contributed by atoms with Crippen LogP contribution in [-0.2, 0) is 27.2 Å². The van der Waals surface area contributed by atoms with E-state index in [1.807, 2.05) is 20.8 Å². The van der Waals surface area contributed by atoms with Gasteiger partial charge in [0.1, 0.15) is 5.00 Å². The number of thioether (sulfide) groups is 1. The number of anilines is 2. The summed E-state index contributed by atoms with van der Waals surface area (Å²) in [6.45, 7) is 7.49. The fourth-order valence-corrected chi connectivity index (χ4v) is 5.65. The quantitative estimate of drug-likeness (QED) is 0.359. The second-order valence-corrected chi connectivity index (χ2v) is 11.0. The maximum Gasteiger partial charge on any atom is 0.341 e. The van der Waals surface area contributed by atoms with E-state index >= 15 is 0 Å². The third kappa shape index (κ3) is 5.38. The number of carbonyl (C=O) groups excluding carboxylic acids is 3. The average molecular weight is 469 g/mol. The summed E-state index contributed by atoms with van der Waals surface area (Å²) in [6.07, 6.45) is 2.77. The van der Waals surface area contributed by atoms with Crippen molar-refractivity contribution in [3.8, 4) is 0 Å². The topological polar surface area (TPSA) is 110 Å². The van der Waals surface area contributed by atoms with Gasteiger partial charge < -0.3 is 15.4 Å². The van der Waals surface area contributed by atoms with Crippen molar-refractivity contribution in [2.75, 3.05) is 23.0 Å². The minimum atomic E-state index is -0.531. The monoisotopic (exact) mass is 468 g/mol. The fourth-order valence-electron chi connectivity index (χ4n) is 2.80. The molecule has 2 aromatic heterocycles. The number of aryl methyl sites for hydroxylation is 1. The van der Waals surface area contributed by atoms with Crippen molar-refractivity contribution in [1.82, 2.24) is 10.2 Å².